The zero-order valence-electron chi connectivity index (χ0n) is 73.6. The lowest BCUT2D eigenvalue weighted by Crippen LogP contribution is -2.16. The molecule has 0 saturated heterocycles. The van der Waals surface area contributed by atoms with Gasteiger partial charge in [-0.25, -0.2) is 81.8 Å². The number of aliphatic hydroxyl groups is 6. The highest BCUT2D eigenvalue weighted by Gasteiger charge is 2.51. The van der Waals surface area contributed by atoms with Crippen molar-refractivity contribution in [1.29, 1.82) is 0 Å². The molecule has 18 rings (SSSR count). The molecule has 6 fully saturated rings. The second-order valence-electron chi connectivity index (χ2n) is 34.4. The summed E-state index contributed by atoms with van der Waals surface area (Å²) in [4.78, 5) is 119. The van der Waals surface area contributed by atoms with Crippen LogP contribution < -0.4 is 9.47 Å². The molecule has 26 nitrogen and oxygen atoms in total. The van der Waals surface area contributed by atoms with Crippen LogP contribution >= 0.6 is 34.8 Å². The minimum absolute atomic E-state index is 0.0106. The Morgan fingerprint density at radius 1 is 0.299 bits per heavy atom. The highest BCUT2D eigenvalue weighted by atomic mass is 35.5. The molecule has 696 valence electrons. The number of ketones is 6. The molecule has 6 aromatic carbocycles. The Balaban J connectivity index is 0.000000136. The fourth-order valence-electron chi connectivity index (χ4n) is 15.9. The molecule has 6 N–H and O–H groups in total. The van der Waals surface area contributed by atoms with Gasteiger partial charge in [-0.1, -0.05) is 83.3 Å². The van der Waals surface area contributed by atoms with Gasteiger partial charge < -0.3 is 40.1 Å². The molecule has 0 unspecified atom stereocenters. The van der Waals surface area contributed by atoms with Gasteiger partial charge in [0.25, 0.3) is 0 Å². The van der Waals surface area contributed by atoms with Crippen molar-refractivity contribution in [3.63, 3.8) is 0 Å². The number of benzene rings is 6. The third kappa shape index (κ3) is 24.4. The van der Waals surface area contributed by atoms with Crippen molar-refractivity contribution in [3.05, 3.63) is 341 Å². The molecule has 34 heteroatoms. The first-order valence-corrected chi connectivity index (χ1v) is 44.3. The quantitative estimate of drug-likeness (QED) is 0.0168. The van der Waals surface area contributed by atoms with Crippen LogP contribution in [0.25, 0.3) is 0 Å². The Hall–Kier alpha value is -12.3. The Labute approximate surface area is 783 Å². The third-order valence-electron chi connectivity index (χ3n) is 25.2. The number of hydrogen-bond donors (Lipinski definition) is 6. The van der Waals surface area contributed by atoms with Crippen LogP contribution in [0.15, 0.2) is 184 Å². The van der Waals surface area contributed by atoms with E-state index in [0.29, 0.717) is 110 Å². The van der Waals surface area contributed by atoms with Gasteiger partial charge in [-0.15, -0.1) is 0 Å². The lowest BCUT2D eigenvalue weighted by Gasteiger charge is -2.18. The number of aryl methyl sites for hydroxylation is 2. The smallest absolute Gasteiger partial charge is 0.191 e. The zero-order chi connectivity index (χ0) is 95.9. The summed E-state index contributed by atoms with van der Waals surface area (Å²) in [5, 5.41) is 54.7. The Morgan fingerprint density at radius 2 is 0.597 bits per heavy atom. The maximum atomic E-state index is 14.0. The van der Waals surface area contributed by atoms with E-state index in [4.69, 9.17) is 74.9 Å². The summed E-state index contributed by atoms with van der Waals surface area (Å²) in [5.41, 5.74) is 8.53. The van der Waals surface area contributed by atoms with Gasteiger partial charge in [0.05, 0.1) is 57.6 Å². The van der Waals surface area contributed by atoms with Crippen LogP contribution in [0.2, 0.25) is 15.1 Å². The van der Waals surface area contributed by atoms with E-state index in [0.717, 1.165) is 141 Å². The minimum Gasteiger partial charge on any atom is -0.496 e. The van der Waals surface area contributed by atoms with Gasteiger partial charge in [-0.05, 0) is 191 Å². The second kappa shape index (κ2) is 43.4. The van der Waals surface area contributed by atoms with E-state index >= 15 is 0 Å². The summed E-state index contributed by atoms with van der Waals surface area (Å²) in [7, 11) is 3.33. The summed E-state index contributed by atoms with van der Waals surface area (Å²) in [6.07, 6.45) is 32.4. The van der Waals surface area contributed by atoms with Gasteiger partial charge in [-0.3, -0.25) is 28.8 Å². The molecular weight excluding hydrogens is 1790 g/mol. The number of methoxy groups -OCH3 is 2. The van der Waals surface area contributed by atoms with E-state index in [-0.39, 0.29) is 67.2 Å². The predicted molar refractivity (Wildman–Crippen MR) is 484 cm³/mol. The molecule has 0 atom stereocenters. The van der Waals surface area contributed by atoms with Crippen molar-refractivity contribution in [2.45, 2.75) is 162 Å². The van der Waals surface area contributed by atoms with Gasteiger partial charge in [0.1, 0.15) is 91.9 Å². The summed E-state index contributed by atoms with van der Waals surface area (Å²) in [6.45, 7) is 0.491. The molecule has 6 aromatic heterocycles. The monoisotopic (exact) mass is 1890 g/mol. The molecule has 6 saturated carbocycles. The van der Waals surface area contributed by atoms with E-state index in [2.05, 4.69) is 78.0 Å². The number of ether oxygens (including phenoxy) is 2. The van der Waals surface area contributed by atoms with Gasteiger partial charge in [0.15, 0.2) is 58.0 Å². The minimum atomic E-state index is -0.859. The summed E-state index contributed by atoms with van der Waals surface area (Å²) >= 11 is 18.2. The molecular formula is C100H96Cl3F5N12O14. The number of aromatic nitrogens is 12. The highest BCUT2D eigenvalue weighted by Crippen LogP contribution is 2.57. The van der Waals surface area contributed by atoms with Crippen LogP contribution in [0.1, 0.15) is 219 Å². The second-order valence-corrected chi connectivity index (χ2v) is 35.7. The Kier molecular flexibility index (Phi) is 32.1. The lowest BCUT2D eigenvalue weighted by atomic mass is 9.91. The zero-order valence-corrected chi connectivity index (χ0v) is 75.9. The van der Waals surface area contributed by atoms with Crippen LogP contribution in [0.5, 0.6) is 11.5 Å². The average Bonchev–Trinajstić information content (AvgIpc) is 1.49. The van der Waals surface area contributed by atoms with E-state index < -0.39 is 79.9 Å². The van der Waals surface area contributed by atoms with Crippen molar-refractivity contribution in [3.8, 4) is 11.5 Å². The molecule has 6 aliphatic rings. The van der Waals surface area contributed by atoms with Crippen molar-refractivity contribution in [1.82, 2.24) is 59.8 Å². The van der Waals surface area contributed by atoms with Crippen LogP contribution in [0, 0.1) is 42.9 Å². The number of aliphatic hydroxyl groups excluding tert-OH is 6. The van der Waals surface area contributed by atoms with Crippen LogP contribution in [0.4, 0.5) is 22.0 Å². The molecule has 0 bridgehead atoms. The van der Waals surface area contributed by atoms with Gasteiger partial charge in [-0.2, -0.15) is 0 Å². The van der Waals surface area contributed by atoms with Gasteiger partial charge in [0.2, 0.25) is 0 Å². The number of nitrogens with zero attached hydrogens (tertiary/aromatic N) is 12. The summed E-state index contributed by atoms with van der Waals surface area (Å²) < 4.78 is 78.1. The molecule has 6 heterocycles. The number of rotatable bonds is 32. The van der Waals surface area contributed by atoms with Gasteiger partial charge >= 0.3 is 0 Å². The van der Waals surface area contributed by atoms with Crippen molar-refractivity contribution in [2.24, 2.45) is 0 Å². The molecule has 0 radical (unpaired) electrons. The topological polar surface area (TPSA) is 397 Å². The van der Waals surface area contributed by atoms with E-state index in [1.165, 1.54) is 98.1 Å². The SMILES string of the molecule is COc1cc(C2(Cc3ncc(C(=O)CO)cn3)CC2)ccc1C.COc1ccc(Cl)cc1C1(Cc2ncc(C(=O)CO)cn2)CC1.Cc1cc(C2(Cc3ncc(C(=O)CO)cn3)CC2)ccc1F.O=C(CO)c1cnc(CC2(c3ccc(Cl)c(Cl)c3)CC2)nc1.O=C(CO)c1cnc(CC2(c3ccc(F)c(F)c3)CC2)nc1.O=C(CO)c1cnc(CC2(c3cccc(F)c3F)CC2)nc1. The van der Waals surface area contributed by atoms with E-state index in [1.54, 1.807) is 33.3 Å². The fraction of sp³-hybridized carbons (Fsp3) is 0.340. The molecule has 0 amide bonds. The third-order valence-corrected chi connectivity index (χ3v) is 26.2. The molecule has 6 aliphatic carbocycles. The average molecular weight is 1890 g/mol. The highest BCUT2D eigenvalue weighted by molar-refractivity contribution is 6.42. The lowest BCUT2D eigenvalue weighted by molar-refractivity contribution is 0.0897. The maximum absolute atomic E-state index is 14.0. The Morgan fingerprint density at radius 3 is 0.910 bits per heavy atom. The predicted octanol–water partition coefficient (Wildman–Crippen LogP) is 14.8. The number of carbonyl (C=O) groups excluding carboxylic acids is 6. The van der Waals surface area contributed by atoms with Crippen LogP contribution in [0.3, 0.4) is 0 Å². The summed E-state index contributed by atoms with van der Waals surface area (Å²) in [5.74, 6) is -0.515. The standard InChI is InChI=1S/C18H20N2O3.C17H17ClN2O3.C17H17FN2O2.C16H14Cl2N2O2.2C16H14F2N2O2/c1-12-3-4-14(7-16(12)23-2)18(5-6-18)8-17-19-9-13(10-20-17)15(22)11-21;1-23-15-3-2-12(18)6-13(15)17(4-5-17)7-16-19-8-11(9-20-16)14(22)10-21;1-11-6-13(2-3-14(11)18)17(4-5-17)7-16-19-8-12(9-20-16)15(22)10-21;2*17-12-2-1-11(5-13(12)18)16(3-4-16)6-15-19-7-10(8-20-15)14(22)9-21;17-12-3-1-2-11(15(12)18)16(4-5-16)6-14-19-7-10(8-20-14)13(22)9-21/h3-4,7,9-10,21H,5-6,8,11H2,1-2H3;2-3,6,8-9,21H,4-5,7,10H2,1H3;2-3,6,8-9,21H,4-5,7,10H2,1H3;2*1-2,5,7-8,21H,3-4,6,9H2;1-3,7-8,21H,4-6,9H2. The largest absolute Gasteiger partial charge is 0.496 e. The first-order valence-electron chi connectivity index (χ1n) is 43.1. The van der Waals surface area contributed by atoms with Crippen molar-refractivity contribution >= 4 is 69.5 Å². The normalized spacial score (nSPS) is 15.5. The van der Waals surface area contributed by atoms with Crippen molar-refractivity contribution < 1.29 is 90.8 Å². The van der Waals surface area contributed by atoms with E-state index in [9.17, 15) is 50.7 Å². The number of carbonyl (C=O) groups is 6. The molecule has 0 spiro atoms. The number of Topliss-reactive ketones (excluding diaryl/α,β-unsaturated/α-hetero) is 6. The first-order chi connectivity index (χ1) is 64.3. The van der Waals surface area contributed by atoms with Crippen LogP contribution in [-0.2, 0) is 71.0 Å². The molecule has 12 aromatic rings. The first kappa shape index (κ1) is 99.2. The van der Waals surface area contributed by atoms with Crippen molar-refractivity contribution in [2.75, 3.05) is 53.9 Å². The van der Waals surface area contributed by atoms with Gasteiger partial charge in [0, 0.05) is 156 Å². The maximum Gasteiger partial charge on any atom is 0.191 e. The number of halogens is 8. The number of hydrogen-bond acceptors (Lipinski definition) is 26. The Bertz CT molecular complexity index is 5960. The van der Waals surface area contributed by atoms with E-state index in [1.807, 2.05) is 55.5 Å². The molecule has 0 aliphatic heterocycles. The summed E-state index contributed by atoms with van der Waals surface area (Å²) in [6, 6.07) is 31.0. The molecule has 134 heavy (non-hydrogen) atoms. The fourth-order valence-corrected chi connectivity index (χ4v) is 16.4. The van der Waals surface area contributed by atoms with Crippen LogP contribution in [-0.4, -0.2) is 179 Å².